The Morgan fingerprint density at radius 2 is 2.18 bits per heavy atom. The Labute approximate surface area is 99.5 Å². The van der Waals surface area contributed by atoms with Gasteiger partial charge in [-0.15, -0.1) is 0 Å². The molecule has 2 aromatic heterocycles. The zero-order valence-corrected chi connectivity index (χ0v) is 9.42. The molecule has 0 radical (unpaired) electrons. The van der Waals surface area contributed by atoms with Crippen LogP contribution in [0.5, 0.6) is 5.75 Å². The summed E-state index contributed by atoms with van der Waals surface area (Å²) in [4.78, 5) is 8.18. The fourth-order valence-electron chi connectivity index (χ4n) is 1.68. The van der Waals surface area contributed by atoms with Crippen molar-refractivity contribution < 1.29 is 4.74 Å². The van der Waals surface area contributed by atoms with Crippen molar-refractivity contribution in [2.75, 3.05) is 7.11 Å². The maximum absolute atomic E-state index is 8.87. The maximum Gasteiger partial charge on any atom is 0.141 e. The first-order valence-corrected chi connectivity index (χ1v) is 5.15. The highest BCUT2D eigenvalue weighted by Gasteiger charge is 2.11. The number of pyridine rings is 2. The Hall–Kier alpha value is -2.41. The standard InChI is InChI=1S/C13H11N3O/c1-17-13-9-16-8-12(11(13)4-5-14)10-3-2-6-15-7-10/h2-3,6-9H,4H2,1H3. The Kier molecular flexibility index (Phi) is 3.31. The molecule has 0 unspecified atom stereocenters. The van der Waals surface area contributed by atoms with Crippen LogP contribution in [0.4, 0.5) is 0 Å². The Balaban J connectivity index is 2.58. The molecule has 0 saturated carbocycles. The SMILES string of the molecule is COc1cncc(-c2cccnc2)c1CC#N. The highest BCUT2D eigenvalue weighted by Crippen LogP contribution is 2.29. The lowest BCUT2D eigenvalue weighted by Gasteiger charge is -2.10. The van der Waals surface area contributed by atoms with Gasteiger partial charge in [-0.1, -0.05) is 6.07 Å². The molecular weight excluding hydrogens is 214 g/mol. The van der Waals surface area contributed by atoms with Gasteiger partial charge in [-0.25, -0.2) is 0 Å². The van der Waals surface area contributed by atoms with Crippen molar-refractivity contribution >= 4 is 0 Å². The molecule has 0 spiro atoms. The zero-order chi connectivity index (χ0) is 12.1. The fraction of sp³-hybridized carbons (Fsp3) is 0.154. The van der Waals surface area contributed by atoms with E-state index < -0.39 is 0 Å². The van der Waals surface area contributed by atoms with Crippen LogP contribution in [0.2, 0.25) is 0 Å². The first-order chi connectivity index (χ1) is 8.36. The third kappa shape index (κ3) is 2.23. The molecule has 0 aromatic carbocycles. The minimum atomic E-state index is 0.288. The van der Waals surface area contributed by atoms with E-state index in [1.54, 1.807) is 31.9 Å². The van der Waals surface area contributed by atoms with E-state index >= 15 is 0 Å². The topological polar surface area (TPSA) is 58.8 Å². The molecule has 2 aromatic rings. The molecule has 0 bridgehead atoms. The van der Waals surface area contributed by atoms with Crippen molar-refractivity contribution in [2.45, 2.75) is 6.42 Å². The van der Waals surface area contributed by atoms with Crippen molar-refractivity contribution in [3.05, 3.63) is 42.5 Å². The molecule has 0 aliphatic carbocycles. The van der Waals surface area contributed by atoms with Gasteiger partial charge >= 0.3 is 0 Å². The summed E-state index contributed by atoms with van der Waals surface area (Å²) in [5.74, 6) is 0.632. The molecule has 0 aliphatic heterocycles. The molecule has 2 rings (SSSR count). The number of methoxy groups -OCH3 is 1. The van der Waals surface area contributed by atoms with Gasteiger partial charge in [-0.3, -0.25) is 9.97 Å². The Morgan fingerprint density at radius 3 is 2.82 bits per heavy atom. The third-order valence-electron chi connectivity index (χ3n) is 2.47. The quantitative estimate of drug-likeness (QED) is 0.803. The van der Waals surface area contributed by atoms with Crippen LogP contribution >= 0.6 is 0 Å². The summed E-state index contributed by atoms with van der Waals surface area (Å²) < 4.78 is 5.23. The van der Waals surface area contributed by atoms with Gasteiger partial charge in [0.15, 0.2) is 0 Å². The second-order valence-corrected chi connectivity index (χ2v) is 3.44. The van der Waals surface area contributed by atoms with Crippen LogP contribution in [0.15, 0.2) is 36.9 Å². The number of rotatable bonds is 3. The van der Waals surface area contributed by atoms with Gasteiger partial charge in [-0.2, -0.15) is 5.26 Å². The summed E-state index contributed by atoms with van der Waals surface area (Å²) in [5.41, 5.74) is 2.67. The predicted molar refractivity (Wildman–Crippen MR) is 63.3 cm³/mol. The molecule has 17 heavy (non-hydrogen) atoms. The summed E-state index contributed by atoms with van der Waals surface area (Å²) in [5, 5.41) is 8.87. The average Bonchev–Trinajstić information content (AvgIpc) is 2.40. The lowest BCUT2D eigenvalue weighted by atomic mass is 10.0. The molecule has 0 aliphatic rings. The van der Waals surface area contributed by atoms with Crippen LogP contribution in [0.1, 0.15) is 5.56 Å². The molecule has 0 N–H and O–H groups in total. The zero-order valence-electron chi connectivity index (χ0n) is 9.42. The van der Waals surface area contributed by atoms with Crippen LogP contribution in [0, 0.1) is 11.3 Å². The van der Waals surface area contributed by atoms with Gasteiger partial charge in [0.1, 0.15) is 5.75 Å². The molecule has 0 fully saturated rings. The lowest BCUT2D eigenvalue weighted by Crippen LogP contribution is -1.96. The first-order valence-electron chi connectivity index (χ1n) is 5.15. The van der Waals surface area contributed by atoms with E-state index in [2.05, 4.69) is 16.0 Å². The van der Waals surface area contributed by atoms with E-state index in [0.29, 0.717) is 5.75 Å². The van der Waals surface area contributed by atoms with E-state index in [-0.39, 0.29) is 6.42 Å². The highest BCUT2D eigenvalue weighted by molar-refractivity contribution is 5.68. The highest BCUT2D eigenvalue weighted by atomic mass is 16.5. The van der Waals surface area contributed by atoms with Crippen LogP contribution in [-0.2, 0) is 6.42 Å². The Bertz CT molecular complexity index is 546. The molecule has 0 amide bonds. The van der Waals surface area contributed by atoms with Crippen LogP contribution in [0.3, 0.4) is 0 Å². The van der Waals surface area contributed by atoms with Crippen LogP contribution in [-0.4, -0.2) is 17.1 Å². The van der Waals surface area contributed by atoms with Crippen molar-refractivity contribution in [1.82, 2.24) is 9.97 Å². The minimum Gasteiger partial charge on any atom is -0.495 e. The van der Waals surface area contributed by atoms with Gasteiger partial charge < -0.3 is 4.74 Å². The summed E-state index contributed by atoms with van der Waals surface area (Å²) in [6.45, 7) is 0. The number of hydrogen-bond donors (Lipinski definition) is 0. The van der Waals surface area contributed by atoms with Gasteiger partial charge in [0.25, 0.3) is 0 Å². The number of aromatic nitrogens is 2. The fourth-order valence-corrected chi connectivity index (χ4v) is 1.68. The smallest absolute Gasteiger partial charge is 0.141 e. The lowest BCUT2D eigenvalue weighted by molar-refractivity contribution is 0.409. The maximum atomic E-state index is 8.87. The van der Waals surface area contributed by atoms with Crippen LogP contribution in [0.25, 0.3) is 11.1 Å². The molecule has 2 heterocycles. The molecule has 4 nitrogen and oxygen atoms in total. The summed E-state index contributed by atoms with van der Waals surface area (Å²) >= 11 is 0. The summed E-state index contributed by atoms with van der Waals surface area (Å²) in [6.07, 6.45) is 7.09. The van der Waals surface area contributed by atoms with Crippen molar-refractivity contribution in [3.8, 4) is 22.9 Å². The van der Waals surface area contributed by atoms with Crippen LogP contribution < -0.4 is 4.74 Å². The molecule has 4 heteroatoms. The summed E-state index contributed by atoms with van der Waals surface area (Å²) in [6, 6.07) is 5.93. The number of ether oxygens (including phenoxy) is 1. The van der Waals surface area contributed by atoms with E-state index in [1.807, 2.05) is 12.1 Å². The van der Waals surface area contributed by atoms with Crippen molar-refractivity contribution in [3.63, 3.8) is 0 Å². The monoisotopic (exact) mass is 225 g/mol. The van der Waals surface area contributed by atoms with Gasteiger partial charge in [0.05, 0.1) is 25.8 Å². The average molecular weight is 225 g/mol. The second-order valence-electron chi connectivity index (χ2n) is 3.44. The molecule has 0 atom stereocenters. The van der Waals surface area contributed by atoms with Crippen molar-refractivity contribution in [1.29, 1.82) is 5.26 Å². The van der Waals surface area contributed by atoms with Crippen molar-refractivity contribution in [2.24, 2.45) is 0 Å². The van der Waals surface area contributed by atoms with Gasteiger partial charge in [0.2, 0.25) is 0 Å². The van der Waals surface area contributed by atoms with E-state index in [1.165, 1.54) is 0 Å². The van der Waals surface area contributed by atoms with E-state index in [9.17, 15) is 0 Å². The second kappa shape index (κ2) is 5.08. The largest absolute Gasteiger partial charge is 0.495 e. The molecule has 0 saturated heterocycles. The first kappa shape index (κ1) is 11.1. The minimum absolute atomic E-state index is 0.288. The third-order valence-corrected chi connectivity index (χ3v) is 2.47. The summed E-state index contributed by atoms with van der Waals surface area (Å²) in [7, 11) is 1.57. The Morgan fingerprint density at radius 1 is 1.29 bits per heavy atom. The normalized spacial score (nSPS) is 9.65. The number of nitriles is 1. The van der Waals surface area contributed by atoms with Gasteiger partial charge in [0, 0.05) is 35.3 Å². The molecule has 84 valence electrons. The van der Waals surface area contributed by atoms with E-state index in [4.69, 9.17) is 10.00 Å². The van der Waals surface area contributed by atoms with E-state index in [0.717, 1.165) is 16.7 Å². The molecular formula is C13H11N3O. The number of nitrogens with zero attached hydrogens (tertiary/aromatic N) is 3. The predicted octanol–water partition coefficient (Wildman–Crippen LogP) is 2.22. The number of hydrogen-bond acceptors (Lipinski definition) is 4. The van der Waals surface area contributed by atoms with Gasteiger partial charge in [-0.05, 0) is 6.07 Å².